The van der Waals surface area contributed by atoms with Crippen LogP contribution in [0, 0.1) is 6.92 Å². The van der Waals surface area contributed by atoms with Gasteiger partial charge in [-0.2, -0.15) is 0 Å². The second kappa shape index (κ2) is 16.6. The first-order chi connectivity index (χ1) is 22.6. The second-order valence-electron chi connectivity index (χ2n) is 11.6. The van der Waals surface area contributed by atoms with Crippen molar-refractivity contribution in [3.05, 3.63) is 98.4 Å². The van der Waals surface area contributed by atoms with E-state index < -0.39 is 0 Å². The van der Waals surface area contributed by atoms with Crippen LogP contribution in [0.15, 0.2) is 75.5 Å². The minimum Gasteiger partial charge on any atom is -0.507 e. The zero-order valence-electron chi connectivity index (χ0n) is 27.4. The van der Waals surface area contributed by atoms with Gasteiger partial charge >= 0.3 is 0 Å². The molecule has 2 aliphatic heterocycles. The number of hydrogen-bond donors (Lipinski definition) is 1. The van der Waals surface area contributed by atoms with Gasteiger partial charge in [0.2, 0.25) is 6.79 Å². The van der Waals surface area contributed by atoms with Gasteiger partial charge in [0.25, 0.3) is 5.91 Å². The van der Waals surface area contributed by atoms with Crippen molar-refractivity contribution in [2.75, 3.05) is 46.7 Å². The topological polar surface area (TPSA) is 111 Å². The van der Waals surface area contributed by atoms with Crippen LogP contribution >= 0.6 is 24.0 Å². The molecule has 0 spiro atoms. The van der Waals surface area contributed by atoms with E-state index in [1.165, 1.54) is 24.8 Å². The quantitative estimate of drug-likeness (QED) is 0.205. The fourth-order valence-corrected chi connectivity index (χ4v) is 5.49. The Balaban J connectivity index is 0.000000222. The molecule has 1 fully saturated rings. The average molecular weight is 700 g/mol. The van der Waals surface area contributed by atoms with Crippen molar-refractivity contribution in [2.45, 2.75) is 33.7 Å². The molecule has 0 aliphatic carbocycles. The molecule has 1 amide bonds. The van der Waals surface area contributed by atoms with Gasteiger partial charge in [-0.15, -0.1) is 12.4 Å². The highest BCUT2D eigenvalue weighted by atomic mass is 35.5. The molecule has 4 aromatic rings. The summed E-state index contributed by atoms with van der Waals surface area (Å²) < 4.78 is 27.3. The van der Waals surface area contributed by atoms with E-state index in [9.17, 15) is 14.7 Å². The summed E-state index contributed by atoms with van der Waals surface area (Å²) in [5, 5.41) is 10.8. The zero-order valence-corrected chi connectivity index (χ0v) is 29.0. The molecule has 12 heteroatoms. The molecule has 1 N–H and O–H groups in total. The Morgan fingerprint density at radius 1 is 1.00 bits per heavy atom. The van der Waals surface area contributed by atoms with Crippen LogP contribution in [0.1, 0.15) is 30.7 Å². The third-order valence-electron chi connectivity index (χ3n) is 7.84. The minimum absolute atomic E-state index is 0. The largest absolute Gasteiger partial charge is 0.507 e. The first-order valence-electron chi connectivity index (χ1n) is 15.3. The van der Waals surface area contributed by atoms with Crippen LogP contribution < -0.4 is 24.4 Å². The van der Waals surface area contributed by atoms with Crippen molar-refractivity contribution < 1.29 is 33.3 Å². The summed E-state index contributed by atoms with van der Waals surface area (Å²) in [5.74, 6) is 3.17. The predicted octanol–water partition coefficient (Wildman–Crippen LogP) is 6.54. The van der Waals surface area contributed by atoms with Gasteiger partial charge in [0.05, 0.1) is 7.11 Å². The molecule has 0 radical (unpaired) electrons. The first-order valence-corrected chi connectivity index (χ1v) is 15.7. The van der Waals surface area contributed by atoms with Crippen molar-refractivity contribution >= 4 is 40.9 Å². The minimum atomic E-state index is -0.248. The van der Waals surface area contributed by atoms with E-state index in [-0.39, 0.29) is 48.3 Å². The molecule has 1 aromatic heterocycles. The summed E-state index contributed by atoms with van der Waals surface area (Å²) in [5.41, 5.74) is 3.25. The standard InChI is InChI=1S/C20H21ClN2O4.C16H18O4.ClH/c21-16-2-4-17(5-3-16)25-13-20(24)23-9-7-22(8-10-23)12-15-1-6-18-19(11-15)27-14-26-18;1-9(2)5-6-11-14(19-4)8-13(18)15-12(17)7-10(3)20-16(11)15;/h1-6,11H,7-10,12-14H2;5,7-8,18H,6H2,1-4H3;1H. The molecular formula is C36H40Cl2N2O8. The fraction of sp³-hybridized carbons (Fsp3) is 0.333. The van der Waals surface area contributed by atoms with Gasteiger partial charge < -0.3 is 33.4 Å². The van der Waals surface area contributed by atoms with Gasteiger partial charge in [-0.05, 0) is 69.2 Å². The number of carbonyl (C=O) groups is 1. The van der Waals surface area contributed by atoms with E-state index in [1.54, 1.807) is 31.2 Å². The van der Waals surface area contributed by atoms with Crippen LogP contribution in [-0.2, 0) is 17.8 Å². The number of fused-ring (bicyclic) bond motifs is 2. The van der Waals surface area contributed by atoms with E-state index in [1.807, 2.05) is 37.0 Å². The summed E-state index contributed by atoms with van der Waals surface area (Å²) in [4.78, 5) is 28.6. The van der Waals surface area contributed by atoms with Crippen LogP contribution in [0.2, 0.25) is 5.02 Å². The molecular weight excluding hydrogens is 659 g/mol. The Morgan fingerprint density at radius 3 is 2.40 bits per heavy atom. The molecule has 256 valence electrons. The molecule has 3 aromatic carbocycles. The lowest BCUT2D eigenvalue weighted by molar-refractivity contribution is -0.135. The Labute approximate surface area is 290 Å². The number of aryl methyl sites for hydroxylation is 1. The molecule has 48 heavy (non-hydrogen) atoms. The fourth-order valence-electron chi connectivity index (χ4n) is 5.36. The smallest absolute Gasteiger partial charge is 0.260 e. The number of phenols is 1. The van der Waals surface area contributed by atoms with E-state index >= 15 is 0 Å². The first kappa shape index (κ1) is 36.5. The number of carbonyl (C=O) groups excluding carboxylic acids is 1. The SMILES string of the molecule is COc1cc(O)c2c(=O)cc(C)oc2c1CC=C(C)C.Cl.O=C(COc1ccc(Cl)cc1)N1CCN(Cc2ccc3c(c2)OCO3)CC1. The highest BCUT2D eigenvalue weighted by molar-refractivity contribution is 6.30. The van der Waals surface area contributed by atoms with Crippen LogP contribution in [-0.4, -0.2) is 67.5 Å². The van der Waals surface area contributed by atoms with E-state index in [2.05, 4.69) is 11.0 Å². The number of ether oxygens (including phenoxy) is 4. The monoisotopic (exact) mass is 698 g/mol. The summed E-state index contributed by atoms with van der Waals surface area (Å²) >= 11 is 5.85. The maximum absolute atomic E-state index is 12.4. The Hall–Kier alpha value is -4.38. The average Bonchev–Trinajstić information content (AvgIpc) is 3.52. The van der Waals surface area contributed by atoms with E-state index in [0.29, 0.717) is 47.4 Å². The molecule has 6 rings (SSSR count). The summed E-state index contributed by atoms with van der Waals surface area (Å²) in [7, 11) is 1.53. The third-order valence-corrected chi connectivity index (χ3v) is 8.10. The van der Waals surface area contributed by atoms with Gasteiger partial charge in [0, 0.05) is 55.4 Å². The molecule has 0 atom stereocenters. The number of rotatable bonds is 8. The van der Waals surface area contributed by atoms with Crippen molar-refractivity contribution in [1.29, 1.82) is 0 Å². The van der Waals surface area contributed by atoms with Crippen LogP contribution in [0.4, 0.5) is 0 Å². The number of nitrogens with zero attached hydrogens (tertiary/aromatic N) is 2. The highest BCUT2D eigenvalue weighted by Gasteiger charge is 2.22. The molecule has 0 saturated carbocycles. The Morgan fingerprint density at radius 2 is 1.71 bits per heavy atom. The van der Waals surface area contributed by atoms with E-state index in [0.717, 1.165) is 42.3 Å². The number of methoxy groups -OCH3 is 1. The third kappa shape index (κ3) is 9.15. The van der Waals surface area contributed by atoms with E-state index in [4.69, 9.17) is 35.0 Å². The molecule has 0 unspecified atom stereocenters. The molecule has 2 aliphatic rings. The van der Waals surface area contributed by atoms with Crippen LogP contribution in [0.3, 0.4) is 0 Å². The zero-order chi connectivity index (χ0) is 33.5. The highest BCUT2D eigenvalue weighted by Crippen LogP contribution is 2.35. The van der Waals surface area contributed by atoms with Crippen molar-refractivity contribution in [3.8, 4) is 28.7 Å². The number of piperazine rings is 1. The summed E-state index contributed by atoms with van der Waals surface area (Å²) in [6, 6.07) is 15.9. The normalized spacial score (nSPS) is 13.6. The van der Waals surface area contributed by atoms with Crippen LogP contribution in [0.5, 0.6) is 28.7 Å². The van der Waals surface area contributed by atoms with Gasteiger partial charge in [0.15, 0.2) is 23.5 Å². The molecule has 3 heterocycles. The predicted molar refractivity (Wildman–Crippen MR) is 187 cm³/mol. The van der Waals surface area contributed by atoms with Crippen molar-refractivity contribution in [3.63, 3.8) is 0 Å². The second-order valence-corrected chi connectivity index (χ2v) is 12.0. The van der Waals surface area contributed by atoms with Crippen molar-refractivity contribution in [2.24, 2.45) is 0 Å². The number of amides is 1. The maximum atomic E-state index is 12.4. The molecule has 1 saturated heterocycles. The van der Waals surface area contributed by atoms with Gasteiger partial charge in [-0.1, -0.05) is 29.3 Å². The summed E-state index contributed by atoms with van der Waals surface area (Å²) in [6.45, 7) is 9.94. The Kier molecular flexibility index (Phi) is 12.6. The lowest BCUT2D eigenvalue weighted by Gasteiger charge is -2.34. The number of benzene rings is 3. The number of phenolic OH excluding ortho intramolecular Hbond substituents is 1. The number of allylic oxidation sites excluding steroid dienone is 2. The molecule has 0 bridgehead atoms. The van der Waals surface area contributed by atoms with Gasteiger partial charge in [-0.25, -0.2) is 0 Å². The van der Waals surface area contributed by atoms with Crippen LogP contribution in [0.25, 0.3) is 11.0 Å². The number of halogens is 2. The number of aromatic hydroxyl groups is 1. The Bertz CT molecular complexity index is 1810. The molecule has 10 nitrogen and oxygen atoms in total. The van der Waals surface area contributed by atoms with Gasteiger partial charge in [-0.3, -0.25) is 14.5 Å². The lowest BCUT2D eigenvalue weighted by Crippen LogP contribution is -2.49. The number of hydrogen-bond acceptors (Lipinski definition) is 9. The summed E-state index contributed by atoms with van der Waals surface area (Å²) in [6.07, 6.45) is 2.60. The van der Waals surface area contributed by atoms with Gasteiger partial charge in [0.1, 0.15) is 34.0 Å². The lowest BCUT2D eigenvalue weighted by atomic mass is 10.0. The maximum Gasteiger partial charge on any atom is 0.260 e. The van der Waals surface area contributed by atoms with Crippen molar-refractivity contribution in [1.82, 2.24) is 9.80 Å².